The number of hydrogen-bond donors (Lipinski definition) is 1. The molecule has 3 rings (SSSR count). The molecule has 0 bridgehead atoms. The third-order valence-electron chi connectivity index (χ3n) is 2.91. The minimum atomic E-state index is 0.522. The van der Waals surface area contributed by atoms with Crippen LogP contribution in [-0.2, 0) is 12.3 Å². The van der Waals surface area contributed by atoms with Gasteiger partial charge in [0.05, 0.1) is 12.3 Å². The topological polar surface area (TPSA) is 82.5 Å². The average molecular weight is 298 g/mol. The van der Waals surface area contributed by atoms with Gasteiger partial charge in [-0.05, 0) is 28.1 Å². The normalized spacial score (nSPS) is 10.7. The Hall–Kier alpha value is -2.41. The van der Waals surface area contributed by atoms with Crippen LogP contribution in [0, 0.1) is 0 Å². The SMILES string of the molecule is Nc1ccc(SCc2nnnn2Cc2ccccc2)cn1. The smallest absolute Gasteiger partial charge is 0.161 e. The van der Waals surface area contributed by atoms with Gasteiger partial charge in [0.25, 0.3) is 0 Å². The quantitative estimate of drug-likeness (QED) is 0.725. The van der Waals surface area contributed by atoms with E-state index >= 15 is 0 Å². The molecule has 0 saturated heterocycles. The van der Waals surface area contributed by atoms with Gasteiger partial charge in [-0.15, -0.1) is 16.9 Å². The highest BCUT2D eigenvalue weighted by molar-refractivity contribution is 7.98. The minimum Gasteiger partial charge on any atom is -0.384 e. The first-order chi connectivity index (χ1) is 10.3. The van der Waals surface area contributed by atoms with Gasteiger partial charge < -0.3 is 5.73 Å². The van der Waals surface area contributed by atoms with E-state index in [0.29, 0.717) is 18.1 Å². The first-order valence-corrected chi connectivity index (χ1v) is 7.43. The van der Waals surface area contributed by atoms with Crippen LogP contribution in [0.25, 0.3) is 0 Å². The predicted molar refractivity (Wildman–Crippen MR) is 81.6 cm³/mol. The molecule has 106 valence electrons. The van der Waals surface area contributed by atoms with Crippen molar-refractivity contribution in [2.45, 2.75) is 17.2 Å². The third-order valence-corrected chi connectivity index (χ3v) is 3.89. The number of nitrogens with zero attached hydrogens (tertiary/aromatic N) is 5. The lowest BCUT2D eigenvalue weighted by Gasteiger charge is -2.05. The molecule has 0 unspecified atom stereocenters. The van der Waals surface area contributed by atoms with Gasteiger partial charge in [-0.3, -0.25) is 0 Å². The monoisotopic (exact) mass is 298 g/mol. The zero-order chi connectivity index (χ0) is 14.5. The van der Waals surface area contributed by atoms with Crippen LogP contribution in [0.1, 0.15) is 11.4 Å². The number of hydrogen-bond acceptors (Lipinski definition) is 6. The van der Waals surface area contributed by atoms with Crippen LogP contribution in [-0.4, -0.2) is 25.2 Å². The molecular weight excluding hydrogens is 284 g/mol. The summed E-state index contributed by atoms with van der Waals surface area (Å²) < 4.78 is 1.81. The maximum absolute atomic E-state index is 5.57. The summed E-state index contributed by atoms with van der Waals surface area (Å²) in [4.78, 5) is 5.11. The van der Waals surface area contributed by atoms with E-state index in [1.165, 1.54) is 5.56 Å². The van der Waals surface area contributed by atoms with Gasteiger partial charge >= 0.3 is 0 Å². The van der Waals surface area contributed by atoms with Crippen molar-refractivity contribution in [2.24, 2.45) is 0 Å². The Labute approximate surface area is 126 Å². The highest BCUT2D eigenvalue weighted by Crippen LogP contribution is 2.21. The molecule has 3 aromatic rings. The van der Waals surface area contributed by atoms with Crippen LogP contribution in [0.15, 0.2) is 53.6 Å². The fraction of sp³-hybridized carbons (Fsp3) is 0.143. The Balaban J connectivity index is 1.66. The summed E-state index contributed by atoms with van der Waals surface area (Å²) in [6, 6.07) is 13.9. The van der Waals surface area contributed by atoms with Gasteiger partial charge in [-0.2, -0.15) is 0 Å². The predicted octanol–water partition coefficient (Wildman–Crippen LogP) is 1.99. The Bertz CT molecular complexity index is 695. The third kappa shape index (κ3) is 3.57. The largest absolute Gasteiger partial charge is 0.384 e. The Morgan fingerprint density at radius 3 is 2.71 bits per heavy atom. The van der Waals surface area contributed by atoms with E-state index in [9.17, 15) is 0 Å². The summed E-state index contributed by atoms with van der Waals surface area (Å²) in [5, 5.41) is 11.9. The maximum Gasteiger partial charge on any atom is 0.161 e. The lowest BCUT2D eigenvalue weighted by Crippen LogP contribution is -2.06. The molecule has 0 spiro atoms. The molecule has 7 heteroatoms. The van der Waals surface area contributed by atoms with Crippen molar-refractivity contribution in [1.82, 2.24) is 25.2 Å². The Kier molecular flexibility index (Phi) is 4.11. The maximum atomic E-state index is 5.57. The van der Waals surface area contributed by atoms with Gasteiger partial charge in [0, 0.05) is 11.1 Å². The van der Waals surface area contributed by atoms with Gasteiger partial charge in [0.15, 0.2) is 5.82 Å². The number of anilines is 1. The number of nitrogen functional groups attached to an aromatic ring is 1. The van der Waals surface area contributed by atoms with E-state index < -0.39 is 0 Å². The first kappa shape index (κ1) is 13.6. The summed E-state index contributed by atoms with van der Waals surface area (Å²) in [5.74, 6) is 2.04. The number of thioether (sulfide) groups is 1. The summed E-state index contributed by atoms with van der Waals surface area (Å²) in [6.07, 6.45) is 1.76. The zero-order valence-corrected chi connectivity index (χ0v) is 12.1. The van der Waals surface area contributed by atoms with Crippen molar-refractivity contribution in [3.63, 3.8) is 0 Å². The summed E-state index contributed by atoms with van der Waals surface area (Å²) >= 11 is 1.63. The molecule has 0 aliphatic carbocycles. The van der Waals surface area contributed by atoms with E-state index in [2.05, 4.69) is 32.6 Å². The lowest BCUT2D eigenvalue weighted by molar-refractivity contribution is 0.631. The first-order valence-electron chi connectivity index (χ1n) is 6.44. The Morgan fingerprint density at radius 1 is 1.10 bits per heavy atom. The van der Waals surface area contributed by atoms with Crippen molar-refractivity contribution < 1.29 is 0 Å². The zero-order valence-electron chi connectivity index (χ0n) is 11.3. The average Bonchev–Trinajstić information content (AvgIpc) is 2.95. The number of nitrogens with two attached hydrogens (primary N) is 1. The van der Waals surface area contributed by atoms with Gasteiger partial charge in [-0.25, -0.2) is 9.67 Å². The minimum absolute atomic E-state index is 0.522. The van der Waals surface area contributed by atoms with Crippen LogP contribution in [0.3, 0.4) is 0 Å². The van der Waals surface area contributed by atoms with Crippen LogP contribution in [0.2, 0.25) is 0 Å². The molecule has 0 atom stereocenters. The number of aromatic nitrogens is 5. The van der Waals surface area contributed by atoms with Crippen molar-refractivity contribution in [1.29, 1.82) is 0 Å². The molecule has 1 aromatic carbocycles. The molecule has 0 saturated carbocycles. The fourth-order valence-electron chi connectivity index (χ4n) is 1.83. The van der Waals surface area contributed by atoms with Gasteiger partial charge in [-0.1, -0.05) is 30.3 Å². The standard InChI is InChI=1S/C14H14N6S/c15-13-7-6-12(8-16-13)21-10-14-17-18-19-20(14)9-11-4-2-1-3-5-11/h1-8H,9-10H2,(H2,15,16). The second-order valence-corrected chi connectivity index (χ2v) is 5.49. The molecule has 0 fully saturated rings. The van der Waals surface area contributed by atoms with Crippen LogP contribution < -0.4 is 5.73 Å². The van der Waals surface area contributed by atoms with Crippen LogP contribution in [0.5, 0.6) is 0 Å². The van der Waals surface area contributed by atoms with Crippen LogP contribution in [0.4, 0.5) is 5.82 Å². The highest BCUT2D eigenvalue weighted by atomic mass is 32.2. The molecule has 0 aliphatic heterocycles. The van der Waals surface area contributed by atoms with Gasteiger partial charge in [0.2, 0.25) is 0 Å². The summed E-state index contributed by atoms with van der Waals surface area (Å²) in [7, 11) is 0. The van der Waals surface area contributed by atoms with E-state index in [4.69, 9.17) is 5.73 Å². The van der Waals surface area contributed by atoms with E-state index in [1.54, 1.807) is 24.0 Å². The fourth-order valence-corrected chi connectivity index (χ4v) is 2.62. The van der Waals surface area contributed by atoms with Crippen molar-refractivity contribution in [2.75, 3.05) is 5.73 Å². The number of benzene rings is 1. The second kappa shape index (κ2) is 6.36. The summed E-state index contributed by atoms with van der Waals surface area (Å²) in [5.41, 5.74) is 6.74. The highest BCUT2D eigenvalue weighted by Gasteiger charge is 2.07. The number of tetrazole rings is 1. The number of pyridine rings is 1. The lowest BCUT2D eigenvalue weighted by atomic mass is 10.2. The molecule has 6 nitrogen and oxygen atoms in total. The van der Waals surface area contributed by atoms with Crippen LogP contribution >= 0.6 is 11.8 Å². The van der Waals surface area contributed by atoms with E-state index in [0.717, 1.165) is 10.7 Å². The van der Waals surface area contributed by atoms with Crippen molar-refractivity contribution >= 4 is 17.6 Å². The van der Waals surface area contributed by atoms with Crippen molar-refractivity contribution in [3.05, 3.63) is 60.0 Å². The molecule has 0 radical (unpaired) electrons. The molecule has 2 aromatic heterocycles. The summed E-state index contributed by atoms with van der Waals surface area (Å²) in [6.45, 7) is 0.670. The molecule has 0 aliphatic rings. The molecule has 0 amide bonds. The van der Waals surface area contributed by atoms with E-state index in [1.807, 2.05) is 28.9 Å². The molecular formula is C14H14N6S. The second-order valence-electron chi connectivity index (χ2n) is 4.45. The Morgan fingerprint density at radius 2 is 1.95 bits per heavy atom. The molecule has 2 heterocycles. The van der Waals surface area contributed by atoms with E-state index in [-0.39, 0.29) is 0 Å². The van der Waals surface area contributed by atoms with Crippen molar-refractivity contribution in [3.8, 4) is 0 Å². The number of rotatable bonds is 5. The molecule has 21 heavy (non-hydrogen) atoms. The molecule has 2 N–H and O–H groups in total. The van der Waals surface area contributed by atoms with Gasteiger partial charge in [0.1, 0.15) is 5.82 Å².